The standard InChI is InChI=1S/C22H26N2O4S/c1-4-27-17-11-10-15(14-18(17)28-5-2)12-13-23-20(25)22(3)21(26)24-16-8-6-7-9-19(16)29-22/h6-11,14H,4-5,12-13H2,1-3H3,(H,23,25)(H,24,26). The maximum absolute atomic E-state index is 12.8. The number of ether oxygens (including phenoxy) is 2. The lowest BCUT2D eigenvalue weighted by Gasteiger charge is -2.31. The number of thioether (sulfide) groups is 1. The molecule has 0 saturated heterocycles. The summed E-state index contributed by atoms with van der Waals surface area (Å²) in [5, 5.41) is 5.73. The fourth-order valence-corrected chi connectivity index (χ4v) is 4.18. The smallest absolute Gasteiger partial charge is 0.250 e. The minimum Gasteiger partial charge on any atom is -0.490 e. The predicted octanol–water partition coefficient (Wildman–Crippen LogP) is 3.65. The third kappa shape index (κ3) is 4.67. The maximum Gasteiger partial charge on any atom is 0.250 e. The van der Waals surface area contributed by atoms with Gasteiger partial charge in [0.05, 0.1) is 18.9 Å². The molecule has 0 bridgehead atoms. The molecule has 2 aromatic carbocycles. The highest BCUT2D eigenvalue weighted by atomic mass is 32.2. The lowest BCUT2D eigenvalue weighted by atomic mass is 10.1. The van der Waals surface area contributed by atoms with Crippen LogP contribution in [-0.4, -0.2) is 36.3 Å². The van der Waals surface area contributed by atoms with Crippen LogP contribution in [0.1, 0.15) is 26.3 Å². The number of anilines is 1. The van der Waals surface area contributed by atoms with Gasteiger partial charge in [0.1, 0.15) is 0 Å². The molecule has 2 amide bonds. The molecule has 29 heavy (non-hydrogen) atoms. The van der Waals surface area contributed by atoms with Crippen molar-refractivity contribution in [3.8, 4) is 11.5 Å². The van der Waals surface area contributed by atoms with Gasteiger partial charge in [-0.15, -0.1) is 0 Å². The molecule has 7 heteroatoms. The SMILES string of the molecule is CCOc1ccc(CCNC(=O)C2(C)Sc3ccccc3NC2=O)cc1OCC. The van der Waals surface area contributed by atoms with E-state index in [0.29, 0.717) is 37.7 Å². The number of carbonyl (C=O) groups excluding carboxylic acids is 2. The Bertz CT molecular complexity index is 902. The quantitative estimate of drug-likeness (QED) is 0.645. The zero-order valence-corrected chi connectivity index (χ0v) is 17.7. The number of amides is 2. The minimum atomic E-state index is -1.20. The van der Waals surface area contributed by atoms with Crippen LogP contribution in [0.4, 0.5) is 5.69 Å². The Morgan fingerprint density at radius 3 is 2.59 bits per heavy atom. The molecule has 2 aromatic rings. The van der Waals surface area contributed by atoms with Crippen molar-refractivity contribution in [3.05, 3.63) is 48.0 Å². The first-order valence-electron chi connectivity index (χ1n) is 9.74. The van der Waals surface area contributed by atoms with E-state index in [0.717, 1.165) is 16.1 Å². The van der Waals surface area contributed by atoms with Gasteiger partial charge in [0, 0.05) is 11.4 Å². The predicted molar refractivity (Wildman–Crippen MR) is 115 cm³/mol. The Balaban J connectivity index is 1.62. The zero-order valence-electron chi connectivity index (χ0n) is 16.9. The molecule has 0 spiro atoms. The summed E-state index contributed by atoms with van der Waals surface area (Å²) in [5.41, 5.74) is 1.76. The van der Waals surface area contributed by atoms with Crippen molar-refractivity contribution in [3.63, 3.8) is 0 Å². The molecular weight excluding hydrogens is 388 g/mol. The van der Waals surface area contributed by atoms with Crippen molar-refractivity contribution >= 4 is 29.3 Å². The van der Waals surface area contributed by atoms with Gasteiger partial charge in [-0.3, -0.25) is 9.59 Å². The van der Waals surface area contributed by atoms with Gasteiger partial charge in [-0.25, -0.2) is 0 Å². The fraction of sp³-hybridized carbons (Fsp3) is 0.364. The number of hydrogen-bond acceptors (Lipinski definition) is 5. The average Bonchev–Trinajstić information content (AvgIpc) is 2.71. The Hall–Kier alpha value is -2.67. The van der Waals surface area contributed by atoms with E-state index in [1.807, 2.05) is 56.3 Å². The Kier molecular flexibility index (Phi) is 6.69. The van der Waals surface area contributed by atoms with Crippen molar-refractivity contribution in [1.29, 1.82) is 0 Å². The lowest BCUT2D eigenvalue weighted by Crippen LogP contribution is -2.52. The van der Waals surface area contributed by atoms with E-state index < -0.39 is 4.75 Å². The second-order valence-corrected chi connectivity index (χ2v) is 8.20. The van der Waals surface area contributed by atoms with Gasteiger partial charge in [-0.2, -0.15) is 0 Å². The van der Waals surface area contributed by atoms with Crippen molar-refractivity contribution in [2.75, 3.05) is 25.1 Å². The Morgan fingerprint density at radius 1 is 1.10 bits per heavy atom. The number of nitrogens with one attached hydrogen (secondary N) is 2. The minimum absolute atomic E-state index is 0.300. The molecule has 0 saturated carbocycles. The summed E-state index contributed by atoms with van der Waals surface area (Å²) in [5.74, 6) is 0.802. The third-order valence-electron chi connectivity index (χ3n) is 4.62. The van der Waals surface area contributed by atoms with Crippen molar-refractivity contribution in [2.45, 2.75) is 36.8 Å². The van der Waals surface area contributed by atoms with Gasteiger partial charge in [-0.1, -0.05) is 30.0 Å². The number of rotatable bonds is 8. The highest BCUT2D eigenvalue weighted by Crippen LogP contribution is 2.42. The second-order valence-electron chi connectivity index (χ2n) is 6.74. The summed E-state index contributed by atoms with van der Waals surface area (Å²) in [4.78, 5) is 26.2. The summed E-state index contributed by atoms with van der Waals surface area (Å²) in [7, 11) is 0. The summed E-state index contributed by atoms with van der Waals surface area (Å²) in [6.45, 7) is 7.04. The molecule has 1 unspecified atom stereocenters. The van der Waals surface area contributed by atoms with E-state index >= 15 is 0 Å². The van der Waals surface area contributed by atoms with Gasteiger partial charge in [0.2, 0.25) is 11.8 Å². The normalized spacial score (nSPS) is 17.8. The molecule has 0 radical (unpaired) electrons. The lowest BCUT2D eigenvalue weighted by molar-refractivity contribution is -0.129. The van der Waals surface area contributed by atoms with E-state index in [1.165, 1.54) is 11.8 Å². The second kappa shape index (κ2) is 9.22. The van der Waals surface area contributed by atoms with Gasteiger partial charge in [0.15, 0.2) is 16.2 Å². The molecule has 3 rings (SSSR count). The summed E-state index contributed by atoms with van der Waals surface area (Å²) in [6, 6.07) is 13.3. The molecule has 6 nitrogen and oxygen atoms in total. The summed E-state index contributed by atoms with van der Waals surface area (Å²) in [6.07, 6.45) is 0.622. The van der Waals surface area contributed by atoms with E-state index in [1.54, 1.807) is 6.92 Å². The molecule has 0 fully saturated rings. The van der Waals surface area contributed by atoms with Crippen LogP contribution < -0.4 is 20.1 Å². The van der Waals surface area contributed by atoms with Crippen LogP contribution in [-0.2, 0) is 16.0 Å². The van der Waals surface area contributed by atoms with Gasteiger partial charge < -0.3 is 20.1 Å². The van der Waals surface area contributed by atoms with Gasteiger partial charge in [0.25, 0.3) is 0 Å². The van der Waals surface area contributed by atoms with E-state index in [-0.39, 0.29) is 11.8 Å². The van der Waals surface area contributed by atoms with Gasteiger partial charge >= 0.3 is 0 Å². The molecule has 1 heterocycles. The first-order valence-corrected chi connectivity index (χ1v) is 10.6. The molecule has 0 aliphatic carbocycles. The fourth-order valence-electron chi connectivity index (χ4n) is 3.06. The number of benzene rings is 2. The van der Waals surface area contributed by atoms with E-state index in [2.05, 4.69) is 10.6 Å². The monoisotopic (exact) mass is 414 g/mol. The summed E-state index contributed by atoms with van der Waals surface area (Å²) < 4.78 is 10.0. The first kappa shape index (κ1) is 21.0. The number of hydrogen-bond donors (Lipinski definition) is 2. The van der Waals surface area contributed by atoms with Crippen molar-refractivity contribution in [2.24, 2.45) is 0 Å². The highest BCUT2D eigenvalue weighted by Gasteiger charge is 2.45. The van der Waals surface area contributed by atoms with Gasteiger partial charge in [-0.05, 0) is 57.0 Å². The molecule has 1 aliphatic heterocycles. The molecule has 1 atom stereocenters. The average molecular weight is 415 g/mol. The number of carbonyl (C=O) groups is 2. The highest BCUT2D eigenvalue weighted by molar-refractivity contribution is 8.02. The first-order chi connectivity index (χ1) is 14.0. The van der Waals surface area contributed by atoms with Crippen LogP contribution in [0, 0.1) is 0 Å². The zero-order chi connectivity index (χ0) is 20.9. The topological polar surface area (TPSA) is 76.7 Å². The molecule has 2 N–H and O–H groups in total. The molecule has 0 aromatic heterocycles. The van der Waals surface area contributed by atoms with E-state index in [4.69, 9.17) is 9.47 Å². The maximum atomic E-state index is 12.8. The van der Waals surface area contributed by atoms with Crippen LogP contribution in [0.25, 0.3) is 0 Å². The largest absolute Gasteiger partial charge is 0.490 e. The van der Waals surface area contributed by atoms with Crippen LogP contribution in [0.3, 0.4) is 0 Å². The van der Waals surface area contributed by atoms with Crippen LogP contribution in [0.5, 0.6) is 11.5 Å². The van der Waals surface area contributed by atoms with E-state index in [9.17, 15) is 9.59 Å². The third-order valence-corrected chi connectivity index (χ3v) is 5.98. The Labute approximate surface area is 175 Å². The van der Waals surface area contributed by atoms with Crippen LogP contribution in [0.2, 0.25) is 0 Å². The molecule has 154 valence electrons. The Morgan fingerprint density at radius 2 is 1.83 bits per heavy atom. The van der Waals surface area contributed by atoms with Crippen molar-refractivity contribution < 1.29 is 19.1 Å². The van der Waals surface area contributed by atoms with Crippen LogP contribution in [0.15, 0.2) is 47.4 Å². The molecular formula is C22H26N2O4S. The number of para-hydroxylation sites is 1. The summed E-state index contributed by atoms with van der Waals surface area (Å²) >= 11 is 1.28. The van der Waals surface area contributed by atoms with Crippen LogP contribution >= 0.6 is 11.8 Å². The number of fused-ring (bicyclic) bond motifs is 1. The van der Waals surface area contributed by atoms with Crippen molar-refractivity contribution in [1.82, 2.24) is 5.32 Å². The molecule has 1 aliphatic rings.